The Morgan fingerprint density at radius 2 is 2.20 bits per heavy atom. The fourth-order valence-corrected chi connectivity index (χ4v) is 2.66. The topological polar surface area (TPSA) is 77.5 Å². The van der Waals surface area contributed by atoms with Crippen LogP contribution in [-0.2, 0) is 5.66 Å². The first-order valence-corrected chi connectivity index (χ1v) is 6.51. The summed E-state index contributed by atoms with van der Waals surface area (Å²) >= 11 is 0. The summed E-state index contributed by atoms with van der Waals surface area (Å²) in [4.78, 5) is 17.5. The summed E-state index contributed by atoms with van der Waals surface area (Å²) in [7, 11) is 0. The van der Waals surface area contributed by atoms with Crippen LogP contribution < -0.4 is 10.9 Å². The second-order valence-electron chi connectivity index (χ2n) is 4.76. The van der Waals surface area contributed by atoms with Gasteiger partial charge in [0.2, 0.25) is 0 Å². The number of benzene rings is 1. The lowest BCUT2D eigenvalue weighted by molar-refractivity contribution is 0.0623. The number of carbonyl (C=O) groups excluding carboxylic acids is 1. The van der Waals surface area contributed by atoms with Crippen LogP contribution in [0.1, 0.15) is 12.5 Å². The molecule has 3 rings (SSSR count). The van der Waals surface area contributed by atoms with E-state index >= 15 is 0 Å². The smallest absolute Gasteiger partial charge is 0.333 e. The molecule has 1 unspecified atom stereocenters. The van der Waals surface area contributed by atoms with E-state index in [0.29, 0.717) is 6.54 Å². The number of likely N-dealkylation sites (N-methyl/N-ethyl adjacent to an activating group) is 1. The molecule has 1 aromatic heterocycles. The number of rotatable bonds is 3. The first kappa shape index (κ1) is 12.8. The van der Waals surface area contributed by atoms with Crippen molar-refractivity contribution in [3.05, 3.63) is 42.2 Å². The third kappa shape index (κ3) is 1.73. The lowest BCUT2D eigenvalue weighted by Crippen LogP contribution is -2.52. The number of aromatic nitrogens is 1. The fraction of sp³-hybridized carbons (Fsp3) is 0.286. The molecule has 0 bridgehead atoms. The summed E-state index contributed by atoms with van der Waals surface area (Å²) in [5.74, 6) is 0. The molecule has 1 atom stereocenters. The van der Waals surface area contributed by atoms with E-state index in [1.165, 1.54) is 0 Å². The van der Waals surface area contributed by atoms with Gasteiger partial charge in [-0.1, -0.05) is 12.1 Å². The molecule has 2 amide bonds. The van der Waals surface area contributed by atoms with Crippen molar-refractivity contribution < 1.29 is 9.90 Å². The van der Waals surface area contributed by atoms with Crippen molar-refractivity contribution in [2.45, 2.75) is 12.6 Å². The first-order chi connectivity index (χ1) is 9.71. The second-order valence-corrected chi connectivity index (χ2v) is 4.76. The number of fused-ring (bicyclic) bond motifs is 1. The number of hydrogen-bond donors (Lipinski definition) is 3. The zero-order valence-corrected chi connectivity index (χ0v) is 11.1. The van der Waals surface area contributed by atoms with Crippen molar-refractivity contribution in [2.24, 2.45) is 0 Å². The van der Waals surface area contributed by atoms with Crippen molar-refractivity contribution in [1.82, 2.24) is 20.7 Å². The minimum Gasteiger partial charge on any atom is -0.392 e. The molecule has 1 aromatic carbocycles. The van der Waals surface area contributed by atoms with Gasteiger partial charge in [-0.25, -0.2) is 10.2 Å². The van der Waals surface area contributed by atoms with Gasteiger partial charge in [0.25, 0.3) is 0 Å². The Labute approximate surface area is 116 Å². The maximum Gasteiger partial charge on any atom is 0.333 e. The van der Waals surface area contributed by atoms with Gasteiger partial charge in [0.15, 0.2) is 5.66 Å². The maximum atomic E-state index is 11.8. The van der Waals surface area contributed by atoms with Crippen LogP contribution in [0.5, 0.6) is 0 Å². The van der Waals surface area contributed by atoms with Gasteiger partial charge in [-0.05, 0) is 30.0 Å². The van der Waals surface area contributed by atoms with E-state index in [2.05, 4.69) is 15.8 Å². The van der Waals surface area contributed by atoms with Crippen LogP contribution in [0.4, 0.5) is 4.79 Å². The highest BCUT2D eigenvalue weighted by molar-refractivity contribution is 5.83. The van der Waals surface area contributed by atoms with Crippen LogP contribution in [0.15, 0.2) is 36.7 Å². The minimum absolute atomic E-state index is 0.212. The highest BCUT2D eigenvalue weighted by Crippen LogP contribution is 2.30. The molecule has 1 saturated heterocycles. The molecule has 2 heterocycles. The molecule has 0 spiro atoms. The van der Waals surface area contributed by atoms with E-state index in [-0.39, 0.29) is 12.6 Å². The van der Waals surface area contributed by atoms with Crippen LogP contribution >= 0.6 is 0 Å². The Hall–Kier alpha value is -2.18. The molecule has 0 aliphatic carbocycles. The number of carbonyl (C=O) groups is 1. The van der Waals surface area contributed by atoms with Gasteiger partial charge in [0.05, 0.1) is 6.61 Å². The van der Waals surface area contributed by atoms with E-state index in [0.717, 1.165) is 16.3 Å². The van der Waals surface area contributed by atoms with Gasteiger partial charge in [0.1, 0.15) is 0 Å². The summed E-state index contributed by atoms with van der Waals surface area (Å²) < 4.78 is 0. The average molecular weight is 272 g/mol. The standard InChI is InChI=1S/C14H16N4O2/c1-2-18-13(20)16-17-14(18,9-19)12-4-3-11-8-15-6-5-10(11)7-12/h3-8,17,19H,2,9H2,1H3,(H,16,20). The molecule has 0 radical (unpaired) electrons. The molecule has 0 saturated carbocycles. The minimum atomic E-state index is -0.927. The molecular weight excluding hydrogens is 256 g/mol. The van der Waals surface area contributed by atoms with E-state index in [4.69, 9.17) is 0 Å². The third-order valence-corrected chi connectivity index (χ3v) is 3.75. The Morgan fingerprint density at radius 3 is 2.95 bits per heavy atom. The molecule has 1 fully saturated rings. The zero-order valence-electron chi connectivity index (χ0n) is 11.1. The molecule has 2 aromatic rings. The van der Waals surface area contributed by atoms with Crippen molar-refractivity contribution in [1.29, 1.82) is 0 Å². The number of aliphatic hydroxyl groups excluding tert-OH is 1. The lowest BCUT2D eigenvalue weighted by Gasteiger charge is -2.34. The molecule has 6 heteroatoms. The Morgan fingerprint density at radius 1 is 1.35 bits per heavy atom. The van der Waals surface area contributed by atoms with E-state index in [9.17, 15) is 9.90 Å². The van der Waals surface area contributed by atoms with Crippen LogP contribution in [0.2, 0.25) is 0 Å². The number of aliphatic hydroxyl groups is 1. The molecule has 1 aliphatic rings. The second kappa shape index (κ2) is 4.73. The van der Waals surface area contributed by atoms with Crippen LogP contribution in [0.3, 0.4) is 0 Å². The number of urea groups is 1. The molecule has 6 nitrogen and oxygen atoms in total. The third-order valence-electron chi connectivity index (χ3n) is 3.75. The Balaban J connectivity index is 2.13. The van der Waals surface area contributed by atoms with Crippen LogP contribution in [0.25, 0.3) is 10.8 Å². The van der Waals surface area contributed by atoms with Gasteiger partial charge in [0, 0.05) is 24.3 Å². The van der Waals surface area contributed by atoms with Gasteiger partial charge in [-0.2, -0.15) is 0 Å². The van der Waals surface area contributed by atoms with Crippen molar-refractivity contribution in [3.8, 4) is 0 Å². The summed E-state index contributed by atoms with van der Waals surface area (Å²) in [6.45, 7) is 2.16. The number of hydrogen-bond acceptors (Lipinski definition) is 4. The summed E-state index contributed by atoms with van der Waals surface area (Å²) in [6.07, 6.45) is 3.51. The van der Waals surface area contributed by atoms with Crippen molar-refractivity contribution in [3.63, 3.8) is 0 Å². The quantitative estimate of drug-likeness (QED) is 0.777. The predicted molar refractivity (Wildman–Crippen MR) is 74.6 cm³/mol. The normalized spacial score (nSPS) is 22.3. The number of amides is 2. The fourth-order valence-electron chi connectivity index (χ4n) is 2.66. The molecule has 104 valence electrons. The SMILES string of the molecule is CCN1C(=O)NNC1(CO)c1ccc2cnccc2c1. The summed E-state index contributed by atoms with van der Waals surface area (Å²) in [6, 6.07) is 7.47. The average Bonchev–Trinajstić information content (AvgIpc) is 2.83. The first-order valence-electron chi connectivity index (χ1n) is 6.51. The molecule has 3 N–H and O–H groups in total. The Bertz CT molecular complexity index is 660. The lowest BCUT2D eigenvalue weighted by atomic mass is 9.97. The van der Waals surface area contributed by atoms with Gasteiger partial charge in [-0.3, -0.25) is 15.3 Å². The number of pyridine rings is 1. The molecular formula is C14H16N4O2. The van der Waals surface area contributed by atoms with Gasteiger partial charge in [-0.15, -0.1) is 0 Å². The van der Waals surface area contributed by atoms with Crippen molar-refractivity contribution >= 4 is 16.8 Å². The summed E-state index contributed by atoms with van der Waals surface area (Å²) in [5, 5.41) is 11.9. The Kier molecular flexibility index (Phi) is 3.04. The van der Waals surface area contributed by atoms with E-state index < -0.39 is 5.66 Å². The van der Waals surface area contributed by atoms with Gasteiger partial charge < -0.3 is 5.11 Å². The molecule has 1 aliphatic heterocycles. The van der Waals surface area contributed by atoms with E-state index in [1.54, 1.807) is 17.3 Å². The maximum absolute atomic E-state index is 11.8. The highest BCUT2D eigenvalue weighted by atomic mass is 16.3. The zero-order chi connectivity index (χ0) is 14.2. The summed E-state index contributed by atoms with van der Waals surface area (Å²) in [5.41, 5.74) is 5.39. The number of hydrazine groups is 1. The number of nitrogens with zero attached hydrogens (tertiary/aromatic N) is 2. The predicted octanol–water partition coefficient (Wildman–Crippen LogP) is 0.930. The van der Waals surface area contributed by atoms with Crippen LogP contribution in [0, 0.1) is 0 Å². The number of nitrogens with one attached hydrogen (secondary N) is 2. The highest BCUT2D eigenvalue weighted by Gasteiger charge is 2.45. The monoisotopic (exact) mass is 272 g/mol. The molecule has 20 heavy (non-hydrogen) atoms. The van der Waals surface area contributed by atoms with E-state index in [1.807, 2.05) is 31.2 Å². The van der Waals surface area contributed by atoms with Gasteiger partial charge >= 0.3 is 6.03 Å². The largest absolute Gasteiger partial charge is 0.392 e. The van der Waals surface area contributed by atoms with Crippen LogP contribution in [-0.4, -0.2) is 34.2 Å². The van der Waals surface area contributed by atoms with Crippen molar-refractivity contribution in [2.75, 3.05) is 13.2 Å².